The lowest BCUT2D eigenvalue weighted by Gasteiger charge is -2.24. The summed E-state index contributed by atoms with van der Waals surface area (Å²) in [4.78, 5) is 13.8. The summed E-state index contributed by atoms with van der Waals surface area (Å²) in [6, 6.07) is 10.2. The van der Waals surface area contributed by atoms with Gasteiger partial charge in [0.25, 0.3) is 0 Å². The molecule has 0 aromatic heterocycles. The van der Waals surface area contributed by atoms with Gasteiger partial charge in [-0.05, 0) is 43.8 Å². The normalized spacial score (nSPS) is 12.3. The van der Waals surface area contributed by atoms with Crippen molar-refractivity contribution < 1.29 is 13.6 Å². The van der Waals surface area contributed by atoms with Gasteiger partial charge in [-0.15, -0.1) is 0 Å². The summed E-state index contributed by atoms with van der Waals surface area (Å²) >= 11 is 5.97. The number of halogens is 3. The average Bonchev–Trinajstić information content (AvgIpc) is 2.45. The van der Waals surface area contributed by atoms with Crippen LogP contribution in [-0.4, -0.2) is 24.4 Å². The zero-order valence-electron chi connectivity index (χ0n) is 12.8. The lowest BCUT2D eigenvalue weighted by Crippen LogP contribution is -2.32. The predicted octanol–water partition coefficient (Wildman–Crippen LogP) is 4.25. The monoisotopic (exact) mass is 338 g/mol. The Morgan fingerprint density at radius 1 is 1.22 bits per heavy atom. The topological polar surface area (TPSA) is 32.3 Å². The Bertz CT molecular complexity index is 688. The third kappa shape index (κ3) is 5.01. The maximum Gasteiger partial charge on any atom is 0.238 e. The van der Waals surface area contributed by atoms with Crippen LogP contribution in [0.25, 0.3) is 0 Å². The third-order valence-corrected chi connectivity index (χ3v) is 3.77. The van der Waals surface area contributed by atoms with Gasteiger partial charge in [-0.2, -0.15) is 0 Å². The first-order valence-electron chi connectivity index (χ1n) is 7.07. The Balaban J connectivity index is 1.99. The van der Waals surface area contributed by atoms with E-state index in [0.717, 1.165) is 23.8 Å². The number of hydrogen-bond acceptors (Lipinski definition) is 2. The minimum Gasteiger partial charge on any atom is -0.325 e. The number of rotatable bonds is 5. The molecule has 0 heterocycles. The fraction of sp³-hybridized carbons (Fsp3) is 0.235. The van der Waals surface area contributed by atoms with Gasteiger partial charge in [-0.3, -0.25) is 9.69 Å². The Hall–Kier alpha value is -1.98. The molecule has 1 amide bonds. The highest BCUT2D eigenvalue weighted by atomic mass is 35.5. The van der Waals surface area contributed by atoms with Crippen LogP contribution in [0.1, 0.15) is 18.5 Å². The summed E-state index contributed by atoms with van der Waals surface area (Å²) in [7, 11) is 1.79. The van der Waals surface area contributed by atoms with Gasteiger partial charge < -0.3 is 5.32 Å². The number of carbonyl (C=O) groups excluding carboxylic acids is 1. The maximum atomic E-state index is 13.1. The quantitative estimate of drug-likeness (QED) is 0.884. The molecule has 1 N–H and O–H groups in total. The molecule has 0 fully saturated rings. The Morgan fingerprint density at radius 3 is 2.48 bits per heavy atom. The van der Waals surface area contributed by atoms with Crippen molar-refractivity contribution in [2.24, 2.45) is 0 Å². The molecule has 2 aromatic rings. The summed E-state index contributed by atoms with van der Waals surface area (Å²) in [6.07, 6.45) is 0. The van der Waals surface area contributed by atoms with E-state index in [1.165, 1.54) is 0 Å². The molecule has 23 heavy (non-hydrogen) atoms. The van der Waals surface area contributed by atoms with E-state index < -0.39 is 11.6 Å². The van der Waals surface area contributed by atoms with Gasteiger partial charge in [-0.25, -0.2) is 8.78 Å². The van der Waals surface area contributed by atoms with Crippen molar-refractivity contribution in [1.29, 1.82) is 0 Å². The molecule has 1 unspecified atom stereocenters. The predicted molar refractivity (Wildman–Crippen MR) is 87.5 cm³/mol. The van der Waals surface area contributed by atoms with Crippen LogP contribution in [0.15, 0.2) is 42.5 Å². The highest BCUT2D eigenvalue weighted by Crippen LogP contribution is 2.21. The molecule has 3 nitrogen and oxygen atoms in total. The molecule has 0 aliphatic carbocycles. The molecule has 0 saturated heterocycles. The van der Waals surface area contributed by atoms with Crippen LogP contribution >= 0.6 is 11.6 Å². The van der Waals surface area contributed by atoms with E-state index in [2.05, 4.69) is 5.32 Å². The molecule has 6 heteroatoms. The number of amides is 1. The second-order valence-corrected chi connectivity index (χ2v) is 5.79. The summed E-state index contributed by atoms with van der Waals surface area (Å²) in [5.41, 5.74) is 1.07. The minimum absolute atomic E-state index is 0.0382. The van der Waals surface area contributed by atoms with Crippen molar-refractivity contribution in [2.45, 2.75) is 13.0 Å². The van der Waals surface area contributed by atoms with Gasteiger partial charge in [0.1, 0.15) is 11.6 Å². The zero-order valence-corrected chi connectivity index (χ0v) is 13.6. The molecule has 2 rings (SSSR count). The maximum absolute atomic E-state index is 13.1. The first-order chi connectivity index (χ1) is 10.8. The second-order valence-electron chi connectivity index (χ2n) is 5.35. The summed E-state index contributed by atoms with van der Waals surface area (Å²) in [6.45, 7) is 2.02. The van der Waals surface area contributed by atoms with Gasteiger partial charge >= 0.3 is 0 Å². The molecular weight excluding hydrogens is 322 g/mol. The first-order valence-corrected chi connectivity index (χ1v) is 7.44. The van der Waals surface area contributed by atoms with Crippen molar-refractivity contribution in [1.82, 2.24) is 4.90 Å². The third-order valence-electron chi connectivity index (χ3n) is 3.53. The van der Waals surface area contributed by atoms with E-state index in [-0.39, 0.29) is 24.2 Å². The number of nitrogens with one attached hydrogen (secondary N) is 1. The van der Waals surface area contributed by atoms with Crippen LogP contribution in [0.5, 0.6) is 0 Å². The van der Waals surface area contributed by atoms with Gasteiger partial charge in [0.05, 0.1) is 6.54 Å². The van der Waals surface area contributed by atoms with Crippen LogP contribution in [0.4, 0.5) is 14.5 Å². The summed E-state index contributed by atoms with van der Waals surface area (Å²) in [5.74, 6) is -1.83. The van der Waals surface area contributed by atoms with E-state index in [1.807, 2.05) is 30.0 Å². The fourth-order valence-corrected chi connectivity index (χ4v) is 2.41. The number of likely N-dealkylation sites (N-methyl/N-ethyl adjacent to an activating group) is 1. The molecule has 0 radical (unpaired) electrons. The lowest BCUT2D eigenvalue weighted by atomic mass is 10.1. The minimum atomic E-state index is -0.735. The first kappa shape index (κ1) is 17.4. The fourth-order valence-electron chi connectivity index (χ4n) is 2.21. The van der Waals surface area contributed by atoms with E-state index in [0.29, 0.717) is 5.02 Å². The summed E-state index contributed by atoms with van der Waals surface area (Å²) in [5, 5.41) is 3.11. The lowest BCUT2D eigenvalue weighted by molar-refractivity contribution is -0.117. The van der Waals surface area contributed by atoms with Crippen LogP contribution in [0, 0.1) is 11.6 Å². The average molecular weight is 339 g/mol. The zero-order chi connectivity index (χ0) is 17.0. The van der Waals surface area contributed by atoms with Gasteiger partial charge in [0.2, 0.25) is 5.91 Å². The van der Waals surface area contributed by atoms with Gasteiger partial charge in [-0.1, -0.05) is 23.7 Å². The van der Waals surface area contributed by atoms with Crippen LogP contribution < -0.4 is 5.32 Å². The highest BCUT2D eigenvalue weighted by Gasteiger charge is 2.15. The summed E-state index contributed by atoms with van der Waals surface area (Å²) < 4.78 is 26.2. The van der Waals surface area contributed by atoms with Crippen molar-refractivity contribution in [3.8, 4) is 0 Å². The van der Waals surface area contributed by atoms with E-state index in [1.54, 1.807) is 13.1 Å². The van der Waals surface area contributed by atoms with Crippen LogP contribution in [0.2, 0.25) is 5.02 Å². The number of anilines is 1. The number of carbonyl (C=O) groups is 1. The molecule has 0 bridgehead atoms. The van der Waals surface area contributed by atoms with Gasteiger partial charge in [0, 0.05) is 22.8 Å². The standard InChI is InChI=1S/C17H17ClF2N2O/c1-11(12-4-3-5-13(18)6-12)22(2)10-17(23)21-16-8-14(19)7-15(20)9-16/h3-9,11H,10H2,1-2H3,(H,21,23). The molecule has 0 aliphatic rings. The van der Waals surface area contributed by atoms with Crippen molar-refractivity contribution in [3.05, 3.63) is 64.7 Å². The largest absolute Gasteiger partial charge is 0.325 e. The number of hydrogen-bond donors (Lipinski definition) is 1. The SMILES string of the molecule is CC(c1cccc(Cl)c1)N(C)CC(=O)Nc1cc(F)cc(F)c1. The Labute approximate surface area is 138 Å². The Morgan fingerprint density at radius 2 is 1.87 bits per heavy atom. The van der Waals surface area contributed by atoms with E-state index in [9.17, 15) is 13.6 Å². The van der Waals surface area contributed by atoms with Crippen molar-refractivity contribution in [2.75, 3.05) is 18.9 Å². The number of benzene rings is 2. The molecule has 0 saturated carbocycles. The Kier molecular flexibility index (Phi) is 5.69. The molecule has 2 aromatic carbocycles. The van der Waals surface area contributed by atoms with Crippen LogP contribution in [-0.2, 0) is 4.79 Å². The number of nitrogens with zero attached hydrogens (tertiary/aromatic N) is 1. The molecule has 0 spiro atoms. The molecular formula is C17H17ClF2N2O. The van der Waals surface area contributed by atoms with Crippen molar-refractivity contribution in [3.63, 3.8) is 0 Å². The smallest absolute Gasteiger partial charge is 0.238 e. The van der Waals surface area contributed by atoms with E-state index >= 15 is 0 Å². The van der Waals surface area contributed by atoms with E-state index in [4.69, 9.17) is 11.6 Å². The molecule has 0 aliphatic heterocycles. The molecule has 122 valence electrons. The van der Waals surface area contributed by atoms with Gasteiger partial charge in [0.15, 0.2) is 0 Å². The highest BCUT2D eigenvalue weighted by molar-refractivity contribution is 6.30. The van der Waals surface area contributed by atoms with Crippen LogP contribution in [0.3, 0.4) is 0 Å². The molecule has 1 atom stereocenters. The second kappa shape index (κ2) is 7.53. The van der Waals surface area contributed by atoms with Crippen molar-refractivity contribution >= 4 is 23.2 Å².